The molecule has 1 aromatic carbocycles. The van der Waals surface area contributed by atoms with Crippen molar-refractivity contribution in [1.82, 2.24) is 10.2 Å². The zero-order valence-electron chi connectivity index (χ0n) is 12.5. The number of nitrogens with zero attached hydrogens (tertiary/aromatic N) is 1. The Balaban J connectivity index is 1.65. The number of fused-ring (bicyclic) bond motifs is 1. The van der Waals surface area contributed by atoms with Crippen molar-refractivity contribution in [1.29, 1.82) is 0 Å². The summed E-state index contributed by atoms with van der Waals surface area (Å²) in [5, 5.41) is 12.0. The maximum absolute atomic E-state index is 12.2. The first-order valence-electron chi connectivity index (χ1n) is 7.20. The lowest BCUT2D eigenvalue weighted by Gasteiger charge is -2.49. The van der Waals surface area contributed by atoms with Gasteiger partial charge in [-0.15, -0.1) is 11.8 Å². The van der Waals surface area contributed by atoms with E-state index in [-0.39, 0.29) is 29.3 Å². The van der Waals surface area contributed by atoms with E-state index in [2.05, 4.69) is 5.32 Å². The molecule has 0 saturated carbocycles. The van der Waals surface area contributed by atoms with Gasteiger partial charge in [0.15, 0.2) is 5.78 Å². The number of Topliss-reactive ketones (excluding diaryl/α,β-unsaturated/α-hetero) is 1. The van der Waals surface area contributed by atoms with Gasteiger partial charge in [-0.1, -0.05) is 30.3 Å². The molecule has 2 atom stereocenters. The van der Waals surface area contributed by atoms with Gasteiger partial charge in [0, 0.05) is 11.3 Å². The molecule has 0 bridgehead atoms. The summed E-state index contributed by atoms with van der Waals surface area (Å²) >= 11 is 1.51. The topological polar surface area (TPSA) is 86.7 Å². The van der Waals surface area contributed by atoms with E-state index >= 15 is 0 Å². The number of hydrogen-bond acceptors (Lipinski definition) is 5. The van der Waals surface area contributed by atoms with Gasteiger partial charge in [-0.3, -0.25) is 19.8 Å². The van der Waals surface area contributed by atoms with Gasteiger partial charge in [-0.25, -0.2) is 4.79 Å². The smallest absolute Gasteiger partial charge is 0.352 e. The van der Waals surface area contributed by atoms with Crippen LogP contribution in [0, 0.1) is 0 Å². The fraction of sp³-hybridized carbons (Fsp3) is 0.312. The van der Waals surface area contributed by atoms with E-state index in [0.717, 1.165) is 0 Å². The summed E-state index contributed by atoms with van der Waals surface area (Å²) < 4.78 is 0. The maximum atomic E-state index is 12.2. The molecule has 0 aliphatic carbocycles. The van der Waals surface area contributed by atoms with Gasteiger partial charge in [0.05, 0.1) is 6.54 Å². The van der Waals surface area contributed by atoms with Gasteiger partial charge >= 0.3 is 5.97 Å². The molecule has 1 aromatic rings. The lowest BCUT2D eigenvalue weighted by molar-refractivity contribution is -0.149. The summed E-state index contributed by atoms with van der Waals surface area (Å²) in [7, 11) is 0. The van der Waals surface area contributed by atoms with Crippen molar-refractivity contribution in [2.75, 3.05) is 12.3 Å². The number of β-lactam (4-membered cyclic amide) rings is 1. The Labute approximate surface area is 137 Å². The van der Waals surface area contributed by atoms with Crippen LogP contribution in [0.3, 0.4) is 0 Å². The quantitative estimate of drug-likeness (QED) is 0.620. The molecular formula is C16H16N2O4S. The van der Waals surface area contributed by atoms with Gasteiger partial charge in [0.1, 0.15) is 17.1 Å². The standard InChI is InChI=1S/C16H16N2O4S/c1-9-8-23-15-12(14(20)18(15)13(9)16(21)22)17-7-11(19)10-5-3-2-4-6-10/h2-6,12,15,17H,7-8H2,1H3,(H,21,22). The minimum Gasteiger partial charge on any atom is -0.477 e. The molecule has 2 unspecified atom stereocenters. The van der Waals surface area contributed by atoms with Crippen molar-refractivity contribution in [3.8, 4) is 0 Å². The highest BCUT2D eigenvalue weighted by Crippen LogP contribution is 2.39. The summed E-state index contributed by atoms with van der Waals surface area (Å²) in [5.41, 5.74) is 1.35. The van der Waals surface area contributed by atoms with E-state index in [9.17, 15) is 19.5 Å². The number of ketones is 1. The lowest BCUT2D eigenvalue weighted by Crippen LogP contribution is -2.70. The Bertz CT molecular complexity index is 701. The van der Waals surface area contributed by atoms with Crippen LogP contribution in [0.1, 0.15) is 17.3 Å². The highest BCUT2D eigenvalue weighted by atomic mass is 32.2. The third kappa shape index (κ3) is 2.77. The van der Waals surface area contributed by atoms with Gasteiger partial charge in [0.25, 0.3) is 0 Å². The SMILES string of the molecule is CC1=C(C(=O)O)N2C(=O)C(NCC(=O)c3ccccc3)C2SC1. The summed E-state index contributed by atoms with van der Waals surface area (Å²) in [6, 6.07) is 8.33. The number of benzene rings is 1. The van der Waals surface area contributed by atoms with Crippen LogP contribution < -0.4 is 5.32 Å². The molecule has 0 aromatic heterocycles. The Morgan fingerprint density at radius 1 is 1.35 bits per heavy atom. The van der Waals surface area contributed by atoms with Crippen molar-refractivity contribution in [3.05, 3.63) is 47.2 Å². The molecule has 2 heterocycles. The minimum atomic E-state index is -1.08. The average molecular weight is 332 g/mol. The van der Waals surface area contributed by atoms with Crippen LogP contribution in [-0.2, 0) is 9.59 Å². The number of amides is 1. The first kappa shape index (κ1) is 15.8. The number of carbonyl (C=O) groups is 3. The molecule has 2 aliphatic heterocycles. The number of aliphatic carboxylic acids is 1. The fourth-order valence-corrected chi connectivity index (χ4v) is 4.08. The van der Waals surface area contributed by atoms with E-state index in [1.807, 2.05) is 6.07 Å². The second-order valence-electron chi connectivity index (χ2n) is 5.49. The van der Waals surface area contributed by atoms with Crippen LogP contribution in [0.4, 0.5) is 0 Å². The second kappa shape index (κ2) is 6.17. The summed E-state index contributed by atoms with van der Waals surface area (Å²) in [5.74, 6) is -0.899. The van der Waals surface area contributed by atoms with Crippen molar-refractivity contribution in [2.24, 2.45) is 0 Å². The normalized spacial score (nSPS) is 23.3. The van der Waals surface area contributed by atoms with E-state index in [1.165, 1.54) is 16.7 Å². The third-order valence-electron chi connectivity index (χ3n) is 3.94. The van der Waals surface area contributed by atoms with Crippen LogP contribution in [0.15, 0.2) is 41.6 Å². The first-order valence-corrected chi connectivity index (χ1v) is 8.25. The van der Waals surface area contributed by atoms with Gasteiger partial charge in [-0.2, -0.15) is 0 Å². The maximum Gasteiger partial charge on any atom is 0.352 e. The molecule has 1 amide bonds. The molecule has 1 saturated heterocycles. The van der Waals surface area contributed by atoms with Gasteiger partial charge < -0.3 is 5.11 Å². The van der Waals surface area contributed by atoms with Crippen molar-refractivity contribution in [2.45, 2.75) is 18.3 Å². The van der Waals surface area contributed by atoms with Crippen LogP contribution in [0.5, 0.6) is 0 Å². The number of carboxylic acid groups (broad SMARTS) is 1. The van der Waals surface area contributed by atoms with E-state index < -0.39 is 12.0 Å². The monoisotopic (exact) mass is 332 g/mol. The van der Waals surface area contributed by atoms with E-state index in [4.69, 9.17) is 0 Å². The number of carbonyl (C=O) groups excluding carboxylic acids is 2. The lowest BCUT2D eigenvalue weighted by atomic mass is 10.0. The summed E-state index contributed by atoms with van der Waals surface area (Å²) in [6.45, 7) is 1.77. The summed E-state index contributed by atoms with van der Waals surface area (Å²) in [6.07, 6.45) is 0. The van der Waals surface area contributed by atoms with Gasteiger partial charge in [0.2, 0.25) is 5.91 Å². The molecule has 23 heavy (non-hydrogen) atoms. The highest BCUT2D eigenvalue weighted by Gasteiger charge is 2.52. The number of carboxylic acids is 1. The molecule has 1 fully saturated rings. The molecule has 0 radical (unpaired) electrons. The van der Waals surface area contributed by atoms with Crippen molar-refractivity contribution >= 4 is 29.4 Å². The highest BCUT2D eigenvalue weighted by molar-refractivity contribution is 8.00. The number of thioether (sulfide) groups is 1. The molecule has 7 heteroatoms. The molecule has 120 valence electrons. The fourth-order valence-electron chi connectivity index (χ4n) is 2.76. The number of hydrogen-bond donors (Lipinski definition) is 2. The van der Waals surface area contributed by atoms with Crippen LogP contribution >= 0.6 is 11.8 Å². The van der Waals surface area contributed by atoms with Crippen LogP contribution in [-0.4, -0.2) is 51.4 Å². The van der Waals surface area contributed by atoms with Crippen molar-refractivity contribution < 1.29 is 19.5 Å². The number of nitrogens with one attached hydrogen (secondary N) is 1. The molecule has 2 N–H and O–H groups in total. The van der Waals surface area contributed by atoms with E-state index in [0.29, 0.717) is 16.9 Å². The largest absolute Gasteiger partial charge is 0.477 e. The third-order valence-corrected chi connectivity index (χ3v) is 5.36. The Morgan fingerprint density at radius 3 is 2.70 bits per heavy atom. The first-order chi connectivity index (χ1) is 11.0. The summed E-state index contributed by atoms with van der Waals surface area (Å²) in [4.78, 5) is 37.0. The average Bonchev–Trinajstić information content (AvgIpc) is 2.55. The number of rotatable bonds is 5. The minimum absolute atomic E-state index is 0.0520. The molecule has 6 nitrogen and oxygen atoms in total. The Morgan fingerprint density at radius 2 is 2.04 bits per heavy atom. The Kier molecular flexibility index (Phi) is 4.23. The second-order valence-corrected chi connectivity index (χ2v) is 6.60. The molecule has 3 rings (SSSR count). The van der Waals surface area contributed by atoms with Crippen LogP contribution in [0.25, 0.3) is 0 Å². The zero-order chi connectivity index (χ0) is 16.6. The molecular weight excluding hydrogens is 316 g/mol. The van der Waals surface area contributed by atoms with Crippen molar-refractivity contribution in [3.63, 3.8) is 0 Å². The molecule has 2 aliphatic rings. The predicted octanol–water partition coefficient (Wildman–Crippen LogP) is 1.10. The van der Waals surface area contributed by atoms with E-state index in [1.54, 1.807) is 31.2 Å². The Hall–Kier alpha value is -2.12. The van der Waals surface area contributed by atoms with Crippen LogP contribution in [0.2, 0.25) is 0 Å². The van der Waals surface area contributed by atoms with Gasteiger partial charge in [-0.05, 0) is 12.5 Å². The molecule has 0 spiro atoms. The predicted molar refractivity (Wildman–Crippen MR) is 86.0 cm³/mol. The zero-order valence-corrected chi connectivity index (χ0v) is 13.3.